The van der Waals surface area contributed by atoms with E-state index in [1.54, 1.807) is 12.1 Å². The second kappa shape index (κ2) is 9.05. The number of benzene rings is 2. The van der Waals surface area contributed by atoms with E-state index in [1.807, 2.05) is 68.4 Å². The van der Waals surface area contributed by atoms with Crippen molar-refractivity contribution in [3.63, 3.8) is 0 Å². The average molecular weight is 414 g/mol. The smallest absolute Gasteiger partial charge is 0.292 e. The molecule has 0 saturated carbocycles. The molecule has 8 heteroatoms. The summed E-state index contributed by atoms with van der Waals surface area (Å²) in [6, 6.07) is 16.6. The molecule has 0 fully saturated rings. The van der Waals surface area contributed by atoms with Gasteiger partial charge in [-0.15, -0.1) is 0 Å². The van der Waals surface area contributed by atoms with Crippen LogP contribution in [0.5, 0.6) is 0 Å². The highest BCUT2D eigenvalue weighted by Crippen LogP contribution is 2.14. The number of aromatic nitrogens is 2. The Kier molecular flexibility index (Phi) is 6.26. The number of hydrazone groups is 1. The van der Waals surface area contributed by atoms with Gasteiger partial charge in [-0.1, -0.05) is 30.3 Å². The number of anilines is 1. The van der Waals surface area contributed by atoms with Crippen LogP contribution in [0.3, 0.4) is 0 Å². The topological polar surface area (TPSA) is 103 Å². The number of rotatable bonds is 5. The van der Waals surface area contributed by atoms with Gasteiger partial charge in [0.25, 0.3) is 11.5 Å². The van der Waals surface area contributed by atoms with Gasteiger partial charge >= 0.3 is 0 Å². The summed E-state index contributed by atoms with van der Waals surface area (Å²) in [6.07, 6.45) is 1.51. The predicted molar refractivity (Wildman–Crippen MR) is 120 cm³/mol. The maximum absolute atomic E-state index is 12.7. The van der Waals surface area contributed by atoms with Crippen molar-refractivity contribution in [2.24, 2.45) is 5.10 Å². The summed E-state index contributed by atoms with van der Waals surface area (Å²) in [5, 5.41) is 17.7. The van der Waals surface area contributed by atoms with E-state index >= 15 is 0 Å². The first-order chi connectivity index (χ1) is 14.8. The molecule has 0 aliphatic heterocycles. The molecule has 2 aromatic carbocycles. The molecule has 0 radical (unpaired) electrons. The van der Waals surface area contributed by atoms with Crippen molar-refractivity contribution in [2.75, 3.05) is 19.0 Å². The van der Waals surface area contributed by atoms with Gasteiger partial charge in [-0.2, -0.15) is 20.1 Å². The molecule has 1 amide bonds. The SMILES string of the molecule is Cc1ccccc1-n1nc(C(=O)N/N=C/c2ccc(N(C)C)cc2)c(C)c(C#N)c1=O. The third-order valence-electron chi connectivity index (χ3n) is 4.80. The summed E-state index contributed by atoms with van der Waals surface area (Å²) in [7, 11) is 3.90. The molecule has 1 aromatic heterocycles. The highest BCUT2D eigenvalue weighted by molar-refractivity contribution is 5.94. The molecular formula is C23H22N6O2. The fraction of sp³-hybridized carbons (Fsp3) is 0.174. The van der Waals surface area contributed by atoms with Gasteiger partial charge in [0.1, 0.15) is 11.6 Å². The predicted octanol–water partition coefficient (Wildman–Crippen LogP) is 2.55. The molecular weight excluding hydrogens is 392 g/mol. The van der Waals surface area contributed by atoms with Crippen LogP contribution in [0.15, 0.2) is 58.4 Å². The molecule has 0 unspecified atom stereocenters. The Bertz CT molecular complexity index is 1250. The number of nitrogens with one attached hydrogen (secondary N) is 1. The van der Waals surface area contributed by atoms with Crippen LogP contribution < -0.4 is 15.9 Å². The monoisotopic (exact) mass is 414 g/mol. The van der Waals surface area contributed by atoms with E-state index in [9.17, 15) is 14.9 Å². The lowest BCUT2D eigenvalue weighted by Crippen LogP contribution is -2.31. The summed E-state index contributed by atoms with van der Waals surface area (Å²) < 4.78 is 1.08. The molecule has 31 heavy (non-hydrogen) atoms. The van der Waals surface area contributed by atoms with E-state index in [1.165, 1.54) is 13.1 Å². The van der Waals surface area contributed by atoms with Gasteiger partial charge in [0.05, 0.1) is 11.9 Å². The van der Waals surface area contributed by atoms with Crippen molar-refractivity contribution in [2.45, 2.75) is 13.8 Å². The van der Waals surface area contributed by atoms with Gasteiger partial charge in [-0.05, 0) is 43.2 Å². The first-order valence-corrected chi connectivity index (χ1v) is 9.54. The molecule has 0 atom stereocenters. The van der Waals surface area contributed by atoms with E-state index in [0.29, 0.717) is 5.69 Å². The Balaban J connectivity index is 1.92. The number of carbonyl (C=O) groups is 1. The fourth-order valence-corrected chi connectivity index (χ4v) is 2.99. The van der Waals surface area contributed by atoms with Crippen molar-refractivity contribution in [1.29, 1.82) is 5.26 Å². The summed E-state index contributed by atoms with van der Waals surface area (Å²) in [5.74, 6) is -0.613. The van der Waals surface area contributed by atoms with E-state index in [0.717, 1.165) is 21.5 Å². The number of hydrogen-bond donors (Lipinski definition) is 1. The lowest BCUT2D eigenvalue weighted by Gasteiger charge is -2.12. The fourth-order valence-electron chi connectivity index (χ4n) is 2.99. The minimum Gasteiger partial charge on any atom is -0.378 e. The lowest BCUT2D eigenvalue weighted by atomic mass is 10.1. The Morgan fingerprint density at radius 3 is 2.45 bits per heavy atom. The zero-order valence-corrected chi connectivity index (χ0v) is 17.7. The molecule has 0 aliphatic rings. The van der Waals surface area contributed by atoms with Gasteiger partial charge in [-0.3, -0.25) is 9.59 Å². The largest absolute Gasteiger partial charge is 0.378 e. The van der Waals surface area contributed by atoms with Crippen LogP contribution in [0.4, 0.5) is 5.69 Å². The first kappa shape index (κ1) is 21.5. The molecule has 0 spiro atoms. The van der Waals surface area contributed by atoms with Crippen molar-refractivity contribution in [1.82, 2.24) is 15.2 Å². The van der Waals surface area contributed by atoms with E-state index in [-0.39, 0.29) is 16.8 Å². The average Bonchev–Trinajstić information content (AvgIpc) is 2.75. The number of para-hydroxylation sites is 1. The number of amides is 1. The van der Waals surface area contributed by atoms with Crippen LogP contribution in [-0.2, 0) is 0 Å². The highest BCUT2D eigenvalue weighted by Gasteiger charge is 2.20. The number of hydrogen-bond acceptors (Lipinski definition) is 6. The van der Waals surface area contributed by atoms with Crippen molar-refractivity contribution in [3.05, 3.63) is 86.8 Å². The number of nitrogens with zero attached hydrogens (tertiary/aromatic N) is 5. The summed E-state index contributed by atoms with van der Waals surface area (Å²) >= 11 is 0. The molecule has 8 nitrogen and oxygen atoms in total. The van der Waals surface area contributed by atoms with Crippen molar-refractivity contribution in [3.8, 4) is 11.8 Å². The van der Waals surface area contributed by atoms with Crippen LogP contribution in [-0.4, -0.2) is 36.0 Å². The minimum absolute atomic E-state index is 0.0421. The van der Waals surface area contributed by atoms with Gasteiger partial charge < -0.3 is 4.90 Å². The highest BCUT2D eigenvalue weighted by atomic mass is 16.2. The second-order valence-electron chi connectivity index (χ2n) is 7.15. The van der Waals surface area contributed by atoms with Crippen molar-refractivity contribution < 1.29 is 4.79 Å². The Hall–Kier alpha value is -4.25. The van der Waals surface area contributed by atoms with E-state index in [4.69, 9.17) is 0 Å². The summed E-state index contributed by atoms with van der Waals surface area (Å²) in [5.41, 5.74) is 5.02. The maximum Gasteiger partial charge on any atom is 0.292 e. The molecule has 0 bridgehead atoms. The third kappa shape index (κ3) is 4.51. The number of carbonyl (C=O) groups excluding carboxylic acids is 1. The zero-order valence-electron chi connectivity index (χ0n) is 17.7. The third-order valence-corrected chi connectivity index (χ3v) is 4.80. The Labute approximate surface area is 180 Å². The van der Waals surface area contributed by atoms with E-state index < -0.39 is 11.5 Å². The standard InChI is InChI=1S/C23H22N6O2/c1-15-7-5-6-8-20(15)29-23(31)19(13-24)16(2)21(27-29)22(30)26-25-14-17-9-11-18(12-10-17)28(3)4/h5-12,14H,1-4H3,(H,26,30)/b25-14+. The van der Waals surface area contributed by atoms with Crippen LogP contribution in [0.1, 0.15) is 32.7 Å². The Morgan fingerprint density at radius 2 is 1.84 bits per heavy atom. The maximum atomic E-state index is 12.7. The minimum atomic E-state index is -0.613. The molecule has 156 valence electrons. The van der Waals surface area contributed by atoms with Crippen LogP contribution in [0.2, 0.25) is 0 Å². The van der Waals surface area contributed by atoms with Crippen LogP contribution in [0, 0.1) is 25.2 Å². The Morgan fingerprint density at radius 1 is 1.16 bits per heavy atom. The number of aryl methyl sites for hydroxylation is 1. The van der Waals surface area contributed by atoms with Crippen LogP contribution in [0.25, 0.3) is 5.69 Å². The second-order valence-corrected chi connectivity index (χ2v) is 7.15. The molecule has 0 aliphatic carbocycles. The quantitative estimate of drug-likeness (QED) is 0.510. The summed E-state index contributed by atoms with van der Waals surface area (Å²) in [6.45, 7) is 3.34. The lowest BCUT2D eigenvalue weighted by molar-refractivity contribution is 0.0947. The van der Waals surface area contributed by atoms with Gasteiger partial charge in [0, 0.05) is 25.3 Å². The first-order valence-electron chi connectivity index (χ1n) is 9.54. The molecule has 3 aromatic rings. The van der Waals surface area contributed by atoms with Crippen molar-refractivity contribution >= 4 is 17.8 Å². The normalized spacial score (nSPS) is 10.7. The number of nitriles is 1. The molecule has 1 heterocycles. The van der Waals surface area contributed by atoms with Gasteiger partial charge in [0.2, 0.25) is 0 Å². The molecule has 0 saturated heterocycles. The van der Waals surface area contributed by atoms with Gasteiger partial charge in [-0.25, -0.2) is 5.43 Å². The molecule has 1 N–H and O–H groups in total. The molecule has 3 rings (SSSR count). The van der Waals surface area contributed by atoms with Gasteiger partial charge in [0.15, 0.2) is 5.69 Å². The van der Waals surface area contributed by atoms with E-state index in [2.05, 4.69) is 15.6 Å². The summed E-state index contributed by atoms with van der Waals surface area (Å²) in [4.78, 5) is 27.4. The van der Waals surface area contributed by atoms with Crippen LogP contribution >= 0.6 is 0 Å². The zero-order chi connectivity index (χ0) is 22.5.